The van der Waals surface area contributed by atoms with Crippen molar-refractivity contribution in [3.63, 3.8) is 0 Å². The van der Waals surface area contributed by atoms with Gasteiger partial charge in [-0.3, -0.25) is 9.59 Å². The number of likely N-dealkylation sites (tertiary alicyclic amines) is 2. The first-order valence-electron chi connectivity index (χ1n) is 13.3. The van der Waals surface area contributed by atoms with E-state index in [9.17, 15) is 18.4 Å². The number of nitrogens with zero attached hydrogens (tertiary/aromatic N) is 3. The number of carbonyl (C=O) groups is 2. The summed E-state index contributed by atoms with van der Waals surface area (Å²) in [7, 11) is 1.71. The van der Waals surface area contributed by atoms with E-state index in [1.807, 2.05) is 11.0 Å². The number of amides is 2. The maximum atomic E-state index is 13.7. The summed E-state index contributed by atoms with van der Waals surface area (Å²) in [6.07, 6.45) is 4.30. The molecule has 204 valence electrons. The fraction of sp³-hybridized carbons (Fsp3) is 0.517. The van der Waals surface area contributed by atoms with Crippen LogP contribution in [-0.2, 0) is 16.0 Å². The van der Waals surface area contributed by atoms with Crippen LogP contribution in [0.1, 0.15) is 42.7 Å². The van der Waals surface area contributed by atoms with Crippen LogP contribution in [0.15, 0.2) is 36.4 Å². The molecule has 2 saturated heterocycles. The quantitative estimate of drug-likeness (QED) is 0.453. The number of benzene rings is 2. The van der Waals surface area contributed by atoms with Crippen molar-refractivity contribution in [3.05, 3.63) is 69.2 Å². The third-order valence-electron chi connectivity index (χ3n) is 8.35. The van der Waals surface area contributed by atoms with Crippen LogP contribution in [0, 0.1) is 23.5 Å². The Labute approximate surface area is 232 Å². The van der Waals surface area contributed by atoms with Crippen LogP contribution >= 0.6 is 23.2 Å². The normalized spacial score (nSPS) is 22.6. The standard InChI is InChI=1S/C29H33Cl2F2N3O2/c1-34(28(37)13-19-4-7-25(32)26(33)12-19)27-17-36(16-22(27)21-5-6-23(30)24(31)14-21)29(38)20-8-10-35(11-9-20)15-18-2-3-18/h4-7,12,14,18,20,22,27H,2-3,8-11,13,15-17H2,1H3/t22-,27+/m1/s1. The number of rotatable bonds is 7. The average molecular weight is 565 g/mol. The Morgan fingerprint density at radius 1 is 0.947 bits per heavy atom. The predicted molar refractivity (Wildman–Crippen MR) is 144 cm³/mol. The van der Waals surface area contributed by atoms with E-state index >= 15 is 0 Å². The van der Waals surface area contributed by atoms with Crippen molar-refractivity contribution in [1.82, 2.24) is 14.7 Å². The van der Waals surface area contributed by atoms with Crippen molar-refractivity contribution < 1.29 is 18.4 Å². The number of hydrogen-bond donors (Lipinski definition) is 0. The van der Waals surface area contributed by atoms with E-state index in [0.29, 0.717) is 28.7 Å². The molecule has 0 unspecified atom stereocenters. The number of likely N-dealkylation sites (N-methyl/N-ethyl adjacent to an activating group) is 1. The fourth-order valence-corrected chi connectivity index (χ4v) is 6.16. The first kappa shape index (κ1) is 27.4. The molecular weight excluding hydrogens is 531 g/mol. The molecule has 1 saturated carbocycles. The second-order valence-electron chi connectivity index (χ2n) is 11.0. The Balaban J connectivity index is 1.30. The van der Waals surface area contributed by atoms with Gasteiger partial charge in [0.2, 0.25) is 11.8 Å². The zero-order chi connectivity index (χ0) is 27.0. The summed E-state index contributed by atoms with van der Waals surface area (Å²) < 4.78 is 27.1. The van der Waals surface area contributed by atoms with Crippen LogP contribution in [0.25, 0.3) is 0 Å². The van der Waals surface area contributed by atoms with Gasteiger partial charge in [0.1, 0.15) is 0 Å². The summed E-state index contributed by atoms with van der Waals surface area (Å²) in [4.78, 5) is 32.9. The van der Waals surface area contributed by atoms with Crippen LogP contribution in [0.4, 0.5) is 8.78 Å². The monoisotopic (exact) mass is 563 g/mol. The van der Waals surface area contributed by atoms with Crippen LogP contribution in [0.3, 0.4) is 0 Å². The van der Waals surface area contributed by atoms with E-state index in [4.69, 9.17) is 23.2 Å². The van der Waals surface area contributed by atoms with Crippen LogP contribution in [0.5, 0.6) is 0 Å². The summed E-state index contributed by atoms with van der Waals surface area (Å²) >= 11 is 12.5. The second kappa shape index (κ2) is 11.5. The minimum absolute atomic E-state index is 0.0122. The molecule has 0 radical (unpaired) electrons. The smallest absolute Gasteiger partial charge is 0.227 e. The molecule has 0 bridgehead atoms. The van der Waals surface area contributed by atoms with Gasteiger partial charge in [0.25, 0.3) is 0 Å². The Morgan fingerprint density at radius 2 is 1.68 bits per heavy atom. The lowest BCUT2D eigenvalue weighted by Crippen LogP contribution is -2.45. The molecule has 5 rings (SSSR count). The van der Waals surface area contributed by atoms with Gasteiger partial charge >= 0.3 is 0 Å². The number of hydrogen-bond acceptors (Lipinski definition) is 3. The van der Waals surface area contributed by atoms with Crippen molar-refractivity contribution in [3.8, 4) is 0 Å². The SMILES string of the molecule is CN(C(=O)Cc1ccc(F)c(F)c1)[C@H]1CN(C(=O)C2CCN(CC3CC3)CC2)C[C@@H]1c1ccc(Cl)c(Cl)c1. The number of halogens is 4. The average Bonchev–Trinajstić information content (AvgIpc) is 3.61. The Hall–Kier alpha value is -2.22. The topological polar surface area (TPSA) is 43.9 Å². The molecule has 2 aromatic carbocycles. The van der Waals surface area contributed by atoms with Gasteiger partial charge in [0.05, 0.1) is 22.5 Å². The van der Waals surface area contributed by atoms with E-state index in [-0.39, 0.29) is 36.1 Å². The molecule has 2 amide bonds. The Bertz CT molecular complexity index is 1200. The highest BCUT2D eigenvalue weighted by atomic mass is 35.5. The largest absolute Gasteiger partial charge is 0.340 e. The van der Waals surface area contributed by atoms with Gasteiger partial charge < -0.3 is 14.7 Å². The van der Waals surface area contributed by atoms with Gasteiger partial charge in [0.15, 0.2) is 11.6 Å². The number of carbonyl (C=O) groups excluding carboxylic acids is 2. The predicted octanol–water partition coefficient (Wildman–Crippen LogP) is 5.39. The summed E-state index contributed by atoms with van der Waals surface area (Å²) in [5.41, 5.74) is 1.31. The van der Waals surface area contributed by atoms with Crippen molar-refractivity contribution in [2.75, 3.05) is 39.8 Å². The molecule has 38 heavy (non-hydrogen) atoms. The zero-order valence-corrected chi connectivity index (χ0v) is 23.0. The Kier molecular flexibility index (Phi) is 8.27. The molecule has 0 N–H and O–H groups in total. The van der Waals surface area contributed by atoms with E-state index in [1.165, 1.54) is 18.9 Å². The van der Waals surface area contributed by atoms with Crippen molar-refractivity contribution in [2.45, 2.75) is 44.1 Å². The molecule has 9 heteroatoms. The lowest BCUT2D eigenvalue weighted by molar-refractivity contribution is -0.137. The van der Waals surface area contributed by atoms with Gasteiger partial charge in [0, 0.05) is 38.5 Å². The molecular formula is C29H33Cl2F2N3O2. The molecule has 1 aliphatic carbocycles. The zero-order valence-electron chi connectivity index (χ0n) is 21.5. The van der Waals surface area contributed by atoms with Gasteiger partial charge in [-0.25, -0.2) is 8.78 Å². The van der Waals surface area contributed by atoms with Crippen molar-refractivity contribution in [2.24, 2.45) is 11.8 Å². The molecule has 0 spiro atoms. The molecule has 2 atom stereocenters. The molecule has 5 nitrogen and oxygen atoms in total. The third-order valence-corrected chi connectivity index (χ3v) is 9.09. The van der Waals surface area contributed by atoms with Crippen molar-refractivity contribution in [1.29, 1.82) is 0 Å². The minimum atomic E-state index is -0.979. The van der Waals surface area contributed by atoms with Crippen LogP contribution in [0.2, 0.25) is 10.0 Å². The number of piperidine rings is 1. The van der Waals surface area contributed by atoms with Gasteiger partial charge in [-0.15, -0.1) is 0 Å². The summed E-state index contributed by atoms with van der Waals surface area (Å²) in [6, 6.07) is 8.65. The first-order chi connectivity index (χ1) is 18.2. The Morgan fingerprint density at radius 3 is 2.34 bits per heavy atom. The van der Waals surface area contributed by atoms with E-state index in [1.54, 1.807) is 24.1 Å². The summed E-state index contributed by atoms with van der Waals surface area (Å²) in [6.45, 7) is 3.94. The summed E-state index contributed by atoms with van der Waals surface area (Å²) in [5, 5.41) is 0.866. The third kappa shape index (κ3) is 6.16. The van der Waals surface area contributed by atoms with Gasteiger partial charge in [-0.05, 0) is 80.1 Å². The molecule has 3 aliphatic rings. The molecule has 2 aliphatic heterocycles. The fourth-order valence-electron chi connectivity index (χ4n) is 5.85. The van der Waals surface area contributed by atoms with E-state index in [0.717, 1.165) is 56.1 Å². The van der Waals surface area contributed by atoms with Crippen LogP contribution in [-0.4, -0.2) is 72.3 Å². The maximum absolute atomic E-state index is 13.7. The van der Waals surface area contributed by atoms with Crippen LogP contribution < -0.4 is 0 Å². The summed E-state index contributed by atoms with van der Waals surface area (Å²) in [5.74, 6) is -1.33. The lowest BCUT2D eigenvalue weighted by atomic mass is 9.93. The molecule has 0 aromatic heterocycles. The first-order valence-corrected chi connectivity index (χ1v) is 14.1. The van der Waals surface area contributed by atoms with Gasteiger partial charge in [-0.2, -0.15) is 0 Å². The minimum Gasteiger partial charge on any atom is -0.340 e. The highest BCUT2D eigenvalue weighted by molar-refractivity contribution is 6.42. The maximum Gasteiger partial charge on any atom is 0.227 e. The highest BCUT2D eigenvalue weighted by Crippen LogP contribution is 2.36. The molecule has 3 fully saturated rings. The van der Waals surface area contributed by atoms with Crippen molar-refractivity contribution >= 4 is 35.0 Å². The molecule has 2 aromatic rings. The molecule has 2 heterocycles. The van der Waals surface area contributed by atoms with Gasteiger partial charge in [-0.1, -0.05) is 35.3 Å². The van der Waals surface area contributed by atoms with E-state index < -0.39 is 11.6 Å². The second-order valence-corrected chi connectivity index (χ2v) is 11.9. The highest BCUT2D eigenvalue weighted by Gasteiger charge is 2.42. The van der Waals surface area contributed by atoms with E-state index in [2.05, 4.69) is 4.90 Å². The lowest BCUT2D eigenvalue weighted by Gasteiger charge is -2.33.